The molecule has 2 aromatic carbocycles. The van der Waals surface area contributed by atoms with Crippen LogP contribution in [0, 0.1) is 0 Å². The van der Waals surface area contributed by atoms with Crippen LogP contribution in [0.15, 0.2) is 65.7 Å². The number of fused-ring (bicyclic) bond motifs is 2. The number of hydrogen-bond acceptors (Lipinski definition) is 6. The van der Waals surface area contributed by atoms with E-state index in [1.54, 1.807) is 4.57 Å². The van der Waals surface area contributed by atoms with E-state index >= 15 is 0 Å². The van der Waals surface area contributed by atoms with Gasteiger partial charge in [0, 0.05) is 24.9 Å². The van der Waals surface area contributed by atoms with E-state index in [-0.39, 0.29) is 17.6 Å². The Hall–Kier alpha value is -4.05. The normalized spacial score (nSPS) is 15.2. The van der Waals surface area contributed by atoms with Gasteiger partial charge in [0.1, 0.15) is 0 Å². The topological polar surface area (TPSA) is 95.8 Å². The molecule has 10 heteroatoms. The molecule has 1 saturated heterocycles. The molecule has 0 unspecified atom stereocenters. The van der Waals surface area contributed by atoms with Gasteiger partial charge in [0.15, 0.2) is 0 Å². The summed E-state index contributed by atoms with van der Waals surface area (Å²) >= 11 is 0. The minimum Gasteiger partial charge on any atom is -0.303 e. The van der Waals surface area contributed by atoms with Gasteiger partial charge < -0.3 is 4.90 Å². The van der Waals surface area contributed by atoms with Crippen molar-refractivity contribution >= 4 is 28.0 Å². The molecule has 184 valence electrons. The molecule has 5 aromatic rings. The van der Waals surface area contributed by atoms with Crippen LogP contribution in [0.25, 0.3) is 21.9 Å². The Labute approximate surface area is 207 Å². The maximum Gasteiger partial charge on any atom is 0.387 e. The Kier molecular flexibility index (Phi) is 5.73. The van der Waals surface area contributed by atoms with Crippen LogP contribution in [0.4, 0.5) is 4.79 Å². The molecule has 0 bridgehead atoms. The Morgan fingerprint density at radius 3 is 2.33 bits per heavy atom. The van der Waals surface area contributed by atoms with Crippen LogP contribution in [0.2, 0.25) is 0 Å². The van der Waals surface area contributed by atoms with E-state index in [0.29, 0.717) is 6.54 Å². The SMILES string of the molecule is Cn1c(=O)n(CCCN2CCC(c3nn(C(=O)n4nccn4)c4ccccc34)CC2)c2ccccc21. The fourth-order valence-corrected chi connectivity index (χ4v) is 5.40. The lowest BCUT2D eigenvalue weighted by atomic mass is 9.91. The molecule has 6 rings (SSSR count). The Bertz CT molecular complexity index is 1590. The quantitative estimate of drug-likeness (QED) is 0.381. The first kappa shape index (κ1) is 22.4. The van der Waals surface area contributed by atoms with E-state index in [1.807, 2.05) is 60.1 Å². The summed E-state index contributed by atoms with van der Waals surface area (Å²) in [6.45, 7) is 3.58. The molecule has 0 radical (unpaired) electrons. The first-order valence-corrected chi connectivity index (χ1v) is 12.4. The summed E-state index contributed by atoms with van der Waals surface area (Å²) in [6.07, 6.45) is 5.84. The Balaban J connectivity index is 1.12. The van der Waals surface area contributed by atoms with Crippen molar-refractivity contribution in [2.45, 2.75) is 31.7 Å². The molecule has 0 atom stereocenters. The molecule has 3 aromatic heterocycles. The number of aromatic nitrogens is 7. The number of imidazole rings is 1. The Morgan fingerprint density at radius 2 is 1.58 bits per heavy atom. The molecule has 0 amide bonds. The zero-order chi connectivity index (χ0) is 24.6. The summed E-state index contributed by atoms with van der Waals surface area (Å²) in [5.74, 6) is 0.284. The van der Waals surface area contributed by atoms with Crippen LogP contribution in [0.5, 0.6) is 0 Å². The summed E-state index contributed by atoms with van der Waals surface area (Å²) in [7, 11) is 1.83. The smallest absolute Gasteiger partial charge is 0.303 e. The van der Waals surface area contributed by atoms with Gasteiger partial charge in [-0.3, -0.25) is 9.13 Å². The second-order valence-electron chi connectivity index (χ2n) is 9.37. The van der Waals surface area contributed by atoms with Crippen molar-refractivity contribution in [2.24, 2.45) is 7.05 Å². The van der Waals surface area contributed by atoms with Crippen molar-refractivity contribution < 1.29 is 4.79 Å². The zero-order valence-corrected chi connectivity index (χ0v) is 20.2. The molecule has 0 N–H and O–H groups in total. The van der Waals surface area contributed by atoms with Crippen LogP contribution in [0.1, 0.15) is 30.9 Å². The summed E-state index contributed by atoms with van der Waals surface area (Å²) in [5, 5.41) is 13.7. The Morgan fingerprint density at radius 1 is 0.917 bits per heavy atom. The molecule has 4 heterocycles. The summed E-state index contributed by atoms with van der Waals surface area (Å²) in [4.78, 5) is 29.1. The van der Waals surface area contributed by atoms with Gasteiger partial charge >= 0.3 is 11.7 Å². The van der Waals surface area contributed by atoms with Crippen LogP contribution < -0.4 is 5.69 Å². The van der Waals surface area contributed by atoms with Gasteiger partial charge in [-0.2, -0.15) is 20.0 Å². The second-order valence-corrected chi connectivity index (χ2v) is 9.37. The molecule has 0 saturated carbocycles. The molecule has 10 nitrogen and oxygen atoms in total. The van der Waals surface area contributed by atoms with Crippen LogP contribution in [-0.4, -0.2) is 64.5 Å². The molecule has 1 aliphatic rings. The lowest BCUT2D eigenvalue weighted by molar-refractivity contribution is 0.205. The fourth-order valence-electron chi connectivity index (χ4n) is 5.40. The fraction of sp³-hybridized carbons (Fsp3) is 0.346. The molecular weight excluding hydrogens is 456 g/mol. The third kappa shape index (κ3) is 3.83. The van der Waals surface area contributed by atoms with Gasteiger partial charge in [0.2, 0.25) is 0 Å². The molecule has 0 spiro atoms. The van der Waals surface area contributed by atoms with Gasteiger partial charge in [-0.05, 0) is 57.1 Å². The lowest BCUT2D eigenvalue weighted by Gasteiger charge is -2.31. The van der Waals surface area contributed by atoms with Gasteiger partial charge in [-0.25, -0.2) is 9.59 Å². The highest BCUT2D eigenvalue weighted by atomic mass is 16.2. The average Bonchev–Trinajstić information content (AvgIpc) is 3.64. The van der Waals surface area contributed by atoms with Gasteiger partial charge in [-0.15, -0.1) is 0 Å². The van der Waals surface area contributed by atoms with Crippen molar-refractivity contribution in [2.75, 3.05) is 19.6 Å². The predicted octanol–water partition coefficient (Wildman–Crippen LogP) is 3.07. The number of hydrogen-bond donors (Lipinski definition) is 0. The second kappa shape index (κ2) is 9.19. The minimum absolute atomic E-state index is 0.0391. The number of benzene rings is 2. The number of rotatable bonds is 5. The molecule has 1 aliphatic heterocycles. The number of carbonyl (C=O) groups excluding carboxylic acids is 1. The van der Waals surface area contributed by atoms with Crippen molar-refractivity contribution in [1.29, 1.82) is 0 Å². The van der Waals surface area contributed by atoms with Gasteiger partial charge in [0.25, 0.3) is 0 Å². The maximum absolute atomic E-state index is 12.9. The van der Waals surface area contributed by atoms with Crippen LogP contribution in [0.3, 0.4) is 0 Å². The van der Waals surface area contributed by atoms with Crippen molar-refractivity contribution in [1.82, 2.24) is 38.8 Å². The molecular formula is C26H28N8O2. The number of piperidine rings is 1. The standard InChI is InChI=1S/C26H28N8O2/c1-30-22-9-4-5-10-23(22)32(25(30)35)16-6-15-31-17-11-19(12-18-31)24-20-7-2-3-8-21(20)33(29-24)26(36)34-27-13-14-28-34/h2-5,7-10,13-14,19H,6,11-12,15-18H2,1H3. The van der Waals surface area contributed by atoms with Gasteiger partial charge in [-0.1, -0.05) is 35.1 Å². The average molecular weight is 485 g/mol. The minimum atomic E-state index is -0.386. The van der Waals surface area contributed by atoms with Gasteiger partial charge in [0.05, 0.1) is 34.6 Å². The van der Waals surface area contributed by atoms with E-state index in [0.717, 1.165) is 71.3 Å². The van der Waals surface area contributed by atoms with E-state index in [1.165, 1.54) is 17.1 Å². The lowest BCUT2D eigenvalue weighted by Crippen LogP contribution is -2.34. The summed E-state index contributed by atoms with van der Waals surface area (Å²) in [5.41, 5.74) is 3.74. The zero-order valence-electron chi connectivity index (χ0n) is 20.2. The molecule has 1 fully saturated rings. The first-order chi connectivity index (χ1) is 17.6. The summed E-state index contributed by atoms with van der Waals surface area (Å²) in [6, 6.07) is 15.4. The van der Waals surface area contributed by atoms with Crippen LogP contribution in [-0.2, 0) is 13.6 Å². The van der Waals surface area contributed by atoms with E-state index < -0.39 is 0 Å². The van der Waals surface area contributed by atoms with E-state index in [9.17, 15) is 9.59 Å². The molecule has 36 heavy (non-hydrogen) atoms. The monoisotopic (exact) mass is 484 g/mol. The first-order valence-electron chi connectivity index (χ1n) is 12.4. The maximum atomic E-state index is 12.9. The third-order valence-corrected chi connectivity index (χ3v) is 7.27. The number of para-hydroxylation sites is 3. The van der Waals surface area contributed by atoms with E-state index in [2.05, 4.69) is 15.1 Å². The third-order valence-electron chi connectivity index (χ3n) is 7.27. The number of aryl methyl sites for hydroxylation is 2. The molecule has 0 aliphatic carbocycles. The van der Waals surface area contributed by atoms with Crippen molar-refractivity contribution in [3.63, 3.8) is 0 Å². The van der Waals surface area contributed by atoms with E-state index in [4.69, 9.17) is 5.10 Å². The van der Waals surface area contributed by atoms with Crippen molar-refractivity contribution in [3.05, 3.63) is 77.1 Å². The highest BCUT2D eigenvalue weighted by Crippen LogP contribution is 2.32. The number of likely N-dealkylation sites (tertiary alicyclic amines) is 1. The largest absolute Gasteiger partial charge is 0.387 e. The number of carbonyl (C=O) groups is 1. The van der Waals surface area contributed by atoms with Crippen molar-refractivity contribution in [3.8, 4) is 0 Å². The predicted molar refractivity (Wildman–Crippen MR) is 136 cm³/mol. The summed E-state index contributed by atoms with van der Waals surface area (Å²) < 4.78 is 5.02. The van der Waals surface area contributed by atoms with Crippen LogP contribution >= 0.6 is 0 Å². The highest BCUT2D eigenvalue weighted by molar-refractivity contribution is 5.92. The number of nitrogens with zero attached hydrogens (tertiary/aromatic N) is 8. The highest BCUT2D eigenvalue weighted by Gasteiger charge is 2.27.